The number of halogens is 1. The molecule has 1 aliphatic rings. The lowest BCUT2D eigenvalue weighted by Crippen LogP contribution is -2.32. The van der Waals surface area contributed by atoms with Gasteiger partial charge in [-0.2, -0.15) is 11.8 Å². The molecule has 0 saturated carbocycles. The zero-order chi connectivity index (χ0) is 11.4. The van der Waals surface area contributed by atoms with Crippen molar-refractivity contribution in [3.8, 4) is 5.06 Å². The predicted molar refractivity (Wildman–Crippen MR) is 75.8 cm³/mol. The van der Waals surface area contributed by atoms with Gasteiger partial charge in [-0.15, -0.1) is 11.3 Å². The molecule has 1 aliphatic heterocycles. The average Bonchev–Trinajstić information content (AvgIpc) is 2.69. The molecule has 1 aromatic heterocycles. The molecular formula is C11H16BrNOS2. The maximum absolute atomic E-state index is 5.26. The Balaban J connectivity index is 1.83. The summed E-state index contributed by atoms with van der Waals surface area (Å²) >= 11 is 7.26. The summed E-state index contributed by atoms with van der Waals surface area (Å²) in [6.45, 7) is 0.956. The van der Waals surface area contributed by atoms with Gasteiger partial charge in [-0.05, 0) is 40.6 Å². The molecule has 1 N–H and O–H groups in total. The summed E-state index contributed by atoms with van der Waals surface area (Å²) in [6.07, 6.45) is 2.66. The Labute approximate surface area is 113 Å². The summed E-state index contributed by atoms with van der Waals surface area (Å²) in [7, 11) is 1.71. The second-order valence-corrected chi connectivity index (χ2v) is 6.95. The van der Waals surface area contributed by atoms with Crippen LogP contribution in [0.3, 0.4) is 0 Å². The Morgan fingerprint density at radius 2 is 2.50 bits per heavy atom. The molecule has 1 fully saturated rings. The van der Waals surface area contributed by atoms with E-state index in [1.807, 2.05) is 0 Å². The van der Waals surface area contributed by atoms with Crippen LogP contribution in [0, 0.1) is 0 Å². The second-order valence-electron chi connectivity index (χ2n) is 3.85. The molecule has 2 nitrogen and oxygen atoms in total. The molecule has 5 heteroatoms. The highest BCUT2D eigenvalue weighted by molar-refractivity contribution is 9.10. The van der Waals surface area contributed by atoms with Gasteiger partial charge in [-0.3, -0.25) is 0 Å². The van der Waals surface area contributed by atoms with Gasteiger partial charge in [-0.1, -0.05) is 0 Å². The fraction of sp³-hybridized carbons (Fsp3) is 0.636. The number of ether oxygens (including phenoxy) is 1. The molecule has 0 aliphatic carbocycles. The Hall–Kier alpha value is 0.290. The first-order valence-electron chi connectivity index (χ1n) is 5.43. The Bertz CT molecular complexity index is 337. The van der Waals surface area contributed by atoms with E-state index in [0.717, 1.165) is 16.1 Å². The highest BCUT2D eigenvalue weighted by atomic mass is 79.9. The molecule has 90 valence electrons. The van der Waals surface area contributed by atoms with E-state index in [9.17, 15) is 0 Å². The molecule has 1 saturated heterocycles. The molecule has 2 rings (SSSR count). The molecule has 16 heavy (non-hydrogen) atoms. The Morgan fingerprint density at radius 3 is 3.12 bits per heavy atom. The van der Waals surface area contributed by atoms with Gasteiger partial charge in [0, 0.05) is 23.2 Å². The lowest BCUT2D eigenvalue weighted by molar-refractivity contribution is 0.425. The van der Waals surface area contributed by atoms with E-state index in [2.05, 4.69) is 39.1 Å². The van der Waals surface area contributed by atoms with Gasteiger partial charge >= 0.3 is 0 Å². The number of nitrogens with one attached hydrogen (secondary N) is 1. The predicted octanol–water partition coefficient (Wildman–Crippen LogP) is 3.50. The molecule has 2 heterocycles. The minimum atomic E-state index is 0.686. The molecule has 0 amide bonds. The van der Waals surface area contributed by atoms with Crippen molar-refractivity contribution in [2.75, 3.05) is 18.6 Å². The first-order chi connectivity index (χ1) is 7.79. The molecule has 0 spiro atoms. The van der Waals surface area contributed by atoms with Crippen LogP contribution in [0.1, 0.15) is 17.7 Å². The number of hydrogen-bond donors (Lipinski definition) is 1. The van der Waals surface area contributed by atoms with Crippen molar-refractivity contribution in [2.24, 2.45) is 0 Å². The van der Waals surface area contributed by atoms with Gasteiger partial charge < -0.3 is 10.1 Å². The van der Waals surface area contributed by atoms with Crippen molar-refractivity contribution >= 4 is 39.0 Å². The van der Waals surface area contributed by atoms with Crippen LogP contribution < -0.4 is 10.1 Å². The quantitative estimate of drug-likeness (QED) is 0.917. The standard InChI is InChI=1S/C11H16BrNOS2/c1-14-11-10(12)5-9(16-11)6-13-8-3-2-4-15-7-8/h5,8,13H,2-4,6-7H2,1H3. The maximum Gasteiger partial charge on any atom is 0.188 e. The Morgan fingerprint density at radius 1 is 1.62 bits per heavy atom. The van der Waals surface area contributed by atoms with E-state index in [0.29, 0.717) is 6.04 Å². The lowest BCUT2D eigenvalue weighted by Gasteiger charge is -2.22. The van der Waals surface area contributed by atoms with Crippen molar-refractivity contribution in [2.45, 2.75) is 25.4 Å². The van der Waals surface area contributed by atoms with Crippen LogP contribution in [0.2, 0.25) is 0 Å². The smallest absolute Gasteiger partial charge is 0.188 e. The first-order valence-corrected chi connectivity index (χ1v) is 8.19. The van der Waals surface area contributed by atoms with Crippen LogP contribution in [-0.2, 0) is 6.54 Å². The largest absolute Gasteiger partial charge is 0.486 e. The molecule has 0 radical (unpaired) electrons. The third kappa shape index (κ3) is 3.39. The van der Waals surface area contributed by atoms with E-state index in [1.165, 1.54) is 29.2 Å². The molecule has 1 unspecified atom stereocenters. The van der Waals surface area contributed by atoms with Gasteiger partial charge in [0.25, 0.3) is 0 Å². The summed E-state index contributed by atoms with van der Waals surface area (Å²) < 4.78 is 6.32. The van der Waals surface area contributed by atoms with Gasteiger partial charge in [0.15, 0.2) is 5.06 Å². The fourth-order valence-corrected chi connectivity index (χ4v) is 4.52. The van der Waals surface area contributed by atoms with Crippen molar-refractivity contribution in [1.29, 1.82) is 0 Å². The van der Waals surface area contributed by atoms with E-state index >= 15 is 0 Å². The maximum atomic E-state index is 5.26. The third-order valence-corrected chi connectivity index (χ3v) is 5.78. The van der Waals surface area contributed by atoms with Crippen LogP contribution in [0.4, 0.5) is 0 Å². The molecule has 1 aromatic rings. The van der Waals surface area contributed by atoms with Crippen molar-refractivity contribution in [1.82, 2.24) is 5.32 Å². The van der Waals surface area contributed by atoms with Crippen molar-refractivity contribution in [3.05, 3.63) is 15.4 Å². The van der Waals surface area contributed by atoms with Crippen molar-refractivity contribution in [3.63, 3.8) is 0 Å². The van der Waals surface area contributed by atoms with Crippen molar-refractivity contribution < 1.29 is 4.74 Å². The van der Waals surface area contributed by atoms with Gasteiger partial charge in [0.1, 0.15) is 0 Å². The Kier molecular flexibility index (Phi) is 5.00. The average molecular weight is 322 g/mol. The number of hydrogen-bond acceptors (Lipinski definition) is 4. The number of thioether (sulfide) groups is 1. The zero-order valence-electron chi connectivity index (χ0n) is 9.29. The summed E-state index contributed by atoms with van der Waals surface area (Å²) in [6, 6.07) is 2.83. The van der Waals surface area contributed by atoms with Gasteiger partial charge in [0.05, 0.1) is 11.6 Å². The summed E-state index contributed by atoms with van der Waals surface area (Å²) in [5.74, 6) is 2.58. The van der Waals surface area contributed by atoms with E-state index in [1.54, 1.807) is 18.4 Å². The SMILES string of the molecule is COc1sc(CNC2CCCSC2)cc1Br. The van der Waals surface area contributed by atoms with Gasteiger partial charge in [-0.25, -0.2) is 0 Å². The molecular weight excluding hydrogens is 306 g/mol. The van der Waals surface area contributed by atoms with Gasteiger partial charge in [0.2, 0.25) is 0 Å². The van der Waals surface area contributed by atoms with Crippen LogP contribution in [0.5, 0.6) is 5.06 Å². The van der Waals surface area contributed by atoms with E-state index < -0.39 is 0 Å². The topological polar surface area (TPSA) is 21.3 Å². The molecule has 1 atom stereocenters. The number of rotatable bonds is 4. The lowest BCUT2D eigenvalue weighted by atomic mass is 10.2. The summed E-state index contributed by atoms with van der Waals surface area (Å²) in [5, 5.41) is 4.58. The molecule has 0 bridgehead atoms. The minimum absolute atomic E-state index is 0.686. The van der Waals surface area contributed by atoms with Crippen LogP contribution >= 0.6 is 39.0 Å². The fourth-order valence-electron chi connectivity index (χ4n) is 1.77. The summed E-state index contributed by atoms with van der Waals surface area (Å²) in [4.78, 5) is 1.33. The van der Waals surface area contributed by atoms with Crippen LogP contribution in [-0.4, -0.2) is 24.7 Å². The third-order valence-electron chi connectivity index (χ3n) is 2.62. The highest BCUT2D eigenvalue weighted by Crippen LogP contribution is 2.34. The van der Waals surface area contributed by atoms with E-state index in [4.69, 9.17) is 4.74 Å². The first kappa shape index (κ1) is 12.7. The highest BCUT2D eigenvalue weighted by Gasteiger charge is 2.14. The van der Waals surface area contributed by atoms with Crippen LogP contribution in [0.25, 0.3) is 0 Å². The normalized spacial score (nSPS) is 21.0. The number of thiophene rings is 1. The molecule has 0 aromatic carbocycles. The second kappa shape index (κ2) is 6.28. The van der Waals surface area contributed by atoms with Crippen LogP contribution in [0.15, 0.2) is 10.5 Å². The van der Waals surface area contributed by atoms with E-state index in [-0.39, 0.29) is 0 Å². The monoisotopic (exact) mass is 321 g/mol. The minimum Gasteiger partial charge on any atom is -0.486 e. The zero-order valence-corrected chi connectivity index (χ0v) is 12.5. The number of methoxy groups -OCH3 is 1. The summed E-state index contributed by atoms with van der Waals surface area (Å²) in [5.41, 5.74) is 0.